The zero-order chi connectivity index (χ0) is 15.4. The Hall–Kier alpha value is -2.01. The molecule has 0 saturated heterocycles. The normalized spacial score (nSPS) is 14.1. The van der Waals surface area contributed by atoms with Crippen molar-refractivity contribution in [1.29, 1.82) is 0 Å². The number of nitrogens with one attached hydrogen (secondary N) is 1. The molecule has 1 fully saturated rings. The predicted octanol–water partition coefficient (Wildman–Crippen LogP) is 2.99. The fourth-order valence-corrected chi connectivity index (χ4v) is 2.20. The largest absolute Gasteiger partial charge is 0.379 e. The minimum atomic E-state index is 0.706. The number of aromatic nitrogens is 3. The highest BCUT2D eigenvalue weighted by Crippen LogP contribution is 2.28. The van der Waals surface area contributed by atoms with Crippen molar-refractivity contribution >= 4 is 5.82 Å². The van der Waals surface area contributed by atoms with Crippen LogP contribution in [0.5, 0.6) is 0 Å². The van der Waals surface area contributed by atoms with Crippen LogP contribution in [0.3, 0.4) is 0 Å². The van der Waals surface area contributed by atoms with Crippen LogP contribution >= 0.6 is 0 Å². The van der Waals surface area contributed by atoms with Crippen LogP contribution in [-0.2, 0) is 4.74 Å². The number of anilines is 1. The Morgan fingerprint density at radius 2 is 2.14 bits per heavy atom. The summed E-state index contributed by atoms with van der Waals surface area (Å²) in [6.45, 7) is 6.41. The third kappa shape index (κ3) is 3.80. The molecular formula is C17H22N4O. The number of nitrogens with zero attached hydrogens (tertiary/aromatic N) is 3. The third-order valence-corrected chi connectivity index (χ3v) is 3.90. The van der Waals surface area contributed by atoms with E-state index in [1.165, 1.54) is 12.8 Å². The number of pyridine rings is 1. The van der Waals surface area contributed by atoms with E-state index in [1.807, 2.05) is 26.0 Å². The Bertz CT molecular complexity index is 626. The molecule has 5 nitrogen and oxygen atoms in total. The van der Waals surface area contributed by atoms with E-state index in [4.69, 9.17) is 4.74 Å². The van der Waals surface area contributed by atoms with Crippen LogP contribution in [-0.4, -0.2) is 34.7 Å². The van der Waals surface area contributed by atoms with Gasteiger partial charge >= 0.3 is 0 Å². The quantitative estimate of drug-likeness (QED) is 0.796. The second-order valence-corrected chi connectivity index (χ2v) is 5.79. The van der Waals surface area contributed by atoms with Gasteiger partial charge in [-0.25, -0.2) is 9.97 Å². The monoisotopic (exact) mass is 298 g/mol. The van der Waals surface area contributed by atoms with Crippen molar-refractivity contribution < 1.29 is 4.74 Å². The first-order valence-electron chi connectivity index (χ1n) is 7.81. The number of aryl methyl sites for hydroxylation is 1. The summed E-state index contributed by atoms with van der Waals surface area (Å²) in [4.78, 5) is 13.3. The standard InChI is InChI=1S/C17H22N4O/c1-12-13(2)20-17(15-4-3-7-18-10-15)21-16(12)19-8-9-22-11-14-5-6-14/h3-4,7,10,14H,5-6,8-9,11H2,1-2H3,(H,19,20,21). The van der Waals surface area contributed by atoms with Gasteiger partial charge in [-0.15, -0.1) is 0 Å². The maximum atomic E-state index is 5.65. The zero-order valence-corrected chi connectivity index (χ0v) is 13.2. The van der Waals surface area contributed by atoms with Crippen LogP contribution in [0.15, 0.2) is 24.5 Å². The fraction of sp³-hybridized carbons (Fsp3) is 0.471. The highest BCUT2D eigenvalue weighted by molar-refractivity contribution is 5.58. The van der Waals surface area contributed by atoms with Gasteiger partial charge in [-0.1, -0.05) is 0 Å². The van der Waals surface area contributed by atoms with Crippen molar-refractivity contribution in [3.05, 3.63) is 35.8 Å². The summed E-state index contributed by atoms with van der Waals surface area (Å²) < 4.78 is 5.65. The summed E-state index contributed by atoms with van der Waals surface area (Å²) in [7, 11) is 0. The molecule has 2 aromatic rings. The van der Waals surface area contributed by atoms with Gasteiger partial charge in [0.05, 0.1) is 6.61 Å². The van der Waals surface area contributed by atoms with E-state index in [-0.39, 0.29) is 0 Å². The van der Waals surface area contributed by atoms with E-state index < -0.39 is 0 Å². The van der Waals surface area contributed by atoms with Gasteiger partial charge in [0, 0.05) is 42.4 Å². The Kier molecular flexibility index (Phi) is 4.63. The second kappa shape index (κ2) is 6.83. The highest BCUT2D eigenvalue weighted by atomic mass is 16.5. The summed E-state index contributed by atoms with van der Waals surface area (Å²) in [6.07, 6.45) is 6.19. The zero-order valence-electron chi connectivity index (χ0n) is 13.2. The summed E-state index contributed by atoms with van der Waals surface area (Å²) in [5.74, 6) is 2.39. The number of hydrogen-bond acceptors (Lipinski definition) is 5. The topological polar surface area (TPSA) is 59.9 Å². The SMILES string of the molecule is Cc1nc(-c2cccnc2)nc(NCCOCC2CC2)c1C. The molecular weight excluding hydrogens is 276 g/mol. The van der Waals surface area contributed by atoms with Gasteiger partial charge in [-0.2, -0.15) is 0 Å². The number of ether oxygens (including phenoxy) is 1. The molecule has 0 unspecified atom stereocenters. The molecule has 0 bridgehead atoms. The van der Waals surface area contributed by atoms with Crippen LogP contribution < -0.4 is 5.32 Å². The Morgan fingerprint density at radius 3 is 2.86 bits per heavy atom. The van der Waals surface area contributed by atoms with Crippen molar-refractivity contribution in [3.8, 4) is 11.4 Å². The van der Waals surface area contributed by atoms with E-state index in [2.05, 4.69) is 20.3 Å². The van der Waals surface area contributed by atoms with Crippen molar-refractivity contribution in [2.75, 3.05) is 25.1 Å². The second-order valence-electron chi connectivity index (χ2n) is 5.79. The lowest BCUT2D eigenvalue weighted by Crippen LogP contribution is -2.13. The first-order chi connectivity index (χ1) is 10.7. The molecule has 0 atom stereocenters. The van der Waals surface area contributed by atoms with E-state index in [0.29, 0.717) is 12.4 Å². The molecule has 0 radical (unpaired) electrons. The molecule has 5 heteroatoms. The summed E-state index contributed by atoms with van der Waals surface area (Å²) >= 11 is 0. The first-order valence-corrected chi connectivity index (χ1v) is 7.81. The van der Waals surface area contributed by atoms with E-state index in [1.54, 1.807) is 12.4 Å². The van der Waals surface area contributed by atoms with Crippen molar-refractivity contribution in [2.24, 2.45) is 5.92 Å². The Morgan fingerprint density at radius 1 is 1.27 bits per heavy atom. The van der Waals surface area contributed by atoms with Crippen LogP contribution in [0.4, 0.5) is 5.82 Å². The van der Waals surface area contributed by atoms with Crippen molar-refractivity contribution in [2.45, 2.75) is 26.7 Å². The summed E-state index contributed by atoms with van der Waals surface area (Å²) in [6, 6.07) is 3.87. The molecule has 0 aliphatic heterocycles. The molecule has 2 aromatic heterocycles. The molecule has 1 saturated carbocycles. The maximum absolute atomic E-state index is 5.65. The average Bonchev–Trinajstić information content (AvgIpc) is 3.36. The van der Waals surface area contributed by atoms with E-state index >= 15 is 0 Å². The lowest BCUT2D eigenvalue weighted by atomic mass is 10.2. The molecule has 22 heavy (non-hydrogen) atoms. The van der Waals surface area contributed by atoms with Crippen molar-refractivity contribution in [3.63, 3.8) is 0 Å². The molecule has 1 aliphatic carbocycles. The summed E-state index contributed by atoms with van der Waals surface area (Å²) in [5.41, 5.74) is 2.99. The minimum absolute atomic E-state index is 0.706. The minimum Gasteiger partial charge on any atom is -0.379 e. The van der Waals surface area contributed by atoms with Gasteiger partial charge in [0.15, 0.2) is 5.82 Å². The lowest BCUT2D eigenvalue weighted by Gasteiger charge is -2.12. The molecule has 1 N–H and O–H groups in total. The van der Waals surface area contributed by atoms with Crippen LogP contribution in [0, 0.1) is 19.8 Å². The van der Waals surface area contributed by atoms with E-state index in [9.17, 15) is 0 Å². The molecule has 3 rings (SSSR count). The van der Waals surface area contributed by atoms with Crippen LogP contribution in [0.1, 0.15) is 24.1 Å². The van der Waals surface area contributed by atoms with Gasteiger partial charge < -0.3 is 10.1 Å². The number of hydrogen-bond donors (Lipinski definition) is 1. The highest BCUT2D eigenvalue weighted by Gasteiger charge is 2.20. The van der Waals surface area contributed by atoms with Gasteiger partial charge in [0.25, 0.3) is 0 Å². The lowest BCUT2D eigenvalue weighted by molar-refractivity contribution is 0.134. The average molecular weight is 298 g/mol. The van der Waals surface area contributed by atoms with E-state index in [0.717, 1.165) is 41.7 Å². The Labute approximate surface area is 131 Å². The smallest absolute Gasteiger partial charge is 0.163 e. The van der Waals surface area contributed by atoms with Gasteiger partial charge in [0.2, 0.25) is 0 Å². The van der Waals surface area contributed by atoms with Gasteiger partial charge in [-0.05, 0) is 44.7 Å². The predicted molar refractivity (Wildman–Crippen MR) is 86.8 cm³/mol. The van der Waals surface area contributed by atoms with Crippen molar-refractivity contribution in [1.82, 2.24) is 15.0 Å². The summed E-state index contributed by atoms with van der Waals surface area (Å²) in [5, 5.41) is 3.36. The number of rotatable bonds is 7. The Balaban J connectivity index is 1.65. The first kappa shape index (κ1) is 14.9. The fourth-order valence-electron chi connectivity index (χ4n) is 2.20. The molecule has 116 valence electrons. The van der Waals surface area contributed by atoms with Crippen LogP contribution in [0.25, 0.3) is 11.4 Å². The maximum Gasteiger partial charge on any atom is 0.163 e. The third-order valence-electron chi connectivity index (χ3n) is 3.90. The van der Waals surface area contributed by atoms with Gasteiger partial charge in [0.1, 0.15) is 5.82 Å². The molecule has 0 amide bonds. The molecule has 1 aliphatic rings. The van der Waals surface area contributed by atoms with Gasteiger partial charge in [-0.3, -0.25) is 4.98 Å². The van der Waals surface area contributed by atoms with Crippen LogP contribution in [0.2, 0.25) is 0 Å². The molecule has 0 aromatic carbocycles. The molecule has 2 heterocycles. The molecule has 0 spiro atoms.